The van der Waals surface area contributed by atoms with Crippen molar-refractivity contribution in [2.45, 2.75) is 57.2 Å². The van der Waals surface area contributed by atoms with Gasteiger partial charge in [0.2, 0.25) is 10.0 Å². The summed E-state index contributed by atoms with van der Waals surface area (Å²) in [4.78, 5) is 0. The molecule has 5 heteroatoms. The highest BCUT2D eigenvalue weighted by molar-refractivity contribution is 7.89. The van der Waals surface area contributed by atoms with Gasteiger partial charge in [-0.05, 0) is 26.7 Å². The topological polar surface area (TPSA) is 61.2 Å². The molecule has 0 aromatic rings. The van der Waals surface area contributed by atoms with E-state index >= 15 is 0 Å². The van der Waals surface area contributed by atoms with Crippen molar-refractivity contribution in [3.8, 4) is 6.07 Å². The standard InChI is InChI=1S/C11H20N2O2S/c1-10(2)13(9-8-12)16(14,15)11-6-4-3-5-7-11/h10-11H,3-7,9H2,1-2H3. The molecule has 0 atom stereocenters. The number of nitrogens with zero attached hydrogens (tertiary/aromatic N) is 2. The Morgan fingerprint density at radius 2 is 1.88 bits per heavy atom. The molecular formula is C11H20N2O2S. The van der Waals surface area contributed by atoms with E-state index in [1.807, 2.05) is 19.9 Å². The summed E-state index contributed by atoms with van der Waals surface area (Å²) in [6, 6.07) is 1.81. The number of hydrogen-bond acceptors (Lipinski definition) is 3. The van der Waals surface area contributed by atoms with Gasteiger partial charge >= 0.3 is 0 Å². The fourth-order valence-electron chi connectivity index (χ4n) is 2.19. The van der Waals surface area contributed by atoms with E-state index in [2.05, 4.69) is 0 Å². The normalized spacial score (nSPS) is 18.9. The van der Waals surface area contributed by atoms with Crippen LogP contribution in [0.2, 0.25) is 0 Å². The Balaban J connectivity index is 2.84. The molecule has 0 amide bonds. The van der Waals surface area contributed by atoms with Crippen molar-refractivity contribution in [3.63, 3.8) is 0 Å². The summed E-state index contributed by atoms with van der Waals surface area (Å²) in [5.74, 6) is 0. The van der Waals surface area contributed by atoms with Gasteiger partial charge in [0.15, 0.2) is 0 Å². The van der Waals surface area contributed by atoms with Gasteiger partial charge in [-0.2, -0.15) is 9.57 Å². The molecule has 0 saturated heterocycles. The molecule has 0 N–H and O–H groups in total. The lowest BCUT2D eigenvalue weighted by Crippen LogP contribution is -2.43. The smallest absolute Gasteiger partial charge is 0.212 e. The third-order valence-corrected chi connectivity index (χ3v) is 5.62. The summed E-state index contributed by atoms with van der Waals surface area (Å²) in [5.41, 5.74) is 0. The Bertz CT molecular complexity index is 351. The lowest BCUT2D eigenvalue weighted by Gasteiger charge is -2.30. The molecule has 0 aliphatic heterocycles. The van der Waals surface area contributed by atoms with Crippen molar-refractivity contribution in [2.75, 3.05) is 6.54 Å². The van der Waals surface area contributed by atoms with Crippen molar-refractivity contribution in [2.24, 2.45) is 0 Å². The molecule has 4 nitrogen and oxygen atoms in total. The van der Waals surface area contributed by atoms with Crippen molar-refractivity contribution >= 4 is 10.0 Å². The molecule has 0 heterocycles. The molecule has 1 fully saturated rings. The van der Waals surface area contributed by atoms with Gasteiger partial charge in [-0.25, -0.2) is 8.42 Å². The monoisotopic (exact) mass is 244 g/mol. The summed E-state index contributed by atoms with van der Waals surface area (Å²) >= 11 is 0. The van der Waals surface area contributed by atoms with Crippen LogP contribution in [0.3, 0.4) is 0 Å². The Morgan fingerprint density at radius 1 is 1.31 bits per heavy atom. The molecule has 16 heavy (non-hydrogen) atoms. The minimum atomic E-state index is -3.27. The van der Waals surface area contributed by atoms with Gasteiger partial charge in [-0.3, -0.25) is 0 Å². The third-order valence-electron chi connectivity index (χ3n) is 3.10. The summed E-state index contributed by atoms with van der Waals surface area (Å²) in [6.45, 7) is 3.60. The van der Waals surface area contributed by atoms with Gasteiger partial charge in [-0.15, -0.1) is 0 Å². The number of hydrogen-bond donors (Lipinski definition) is 0. The minimum absolute atomic E-state index is 0.0312. The van der Waals surface area contributed by atoms with E-state index in [1.165, 1.54) is 4.31 Å². The van der Waals surface area contributed by atoms with Crippen molar-refractivity contribution < 1.29 is 8.42 Å². The molecule has 92 valence electrons. The summed E-state index contributed by atoms with van der Waals surface area (Å²) in [5, 5.41) is 8.42. The summed E-state index contributed by atoms with van der Waals surface area (Å²) < 4.78 is 25.9. The van der Waals surface area contributed by atoms with Crippen LogP contribution in [0.5, 0.6) is 0 Å². The molecule has 0 unspecified atom stereocenters. The summed E-state index contributed by atoms with van der Waals surface area (Å²) in [6.07, 6.45) is 4.60. The molecule has 1 aliphatic rings. The first-order chi connectivity index (χ1) is 7.50. The fraction of sp³-hybridized carbons (Fsp3) is 0.909. The Morgan fingerprint density at radius 3 is 2.31 bits per heavy atom. The second kappa shape index (κ2) is 5.65. The molecule has 0 radical (unpaired) electrons. The first-order valence-electron chi connectivity index (χ1n) is 5.87. The zero-order valence-electron chi connectivity index (χ0n) is 10.0. The molecule has 1 rings (SSSR count). The Labute approximate surface area is 98.3 Å². The van der Waals surface area contributed by atoms with Gasteiger partial charge in [0.25, 0.3) is 0 Å². The van der Waals surface area contributed by atoms with Crippen LogP contribution in [-0.2, 0) is 10.0 Å². The third kappa shape index (κ3) is 2.96. The van der Waals surface area contributed by atoms with Crippen LogP contribution in [0.4, 0.5) is 0 Å². The van der Waals surface area contributed by atoms with Crippen LogP contribution >= 0.6 is 0 Å². The average molecular weight is 244 g/mol. The molecule has 0 spiro atoms. The highest BCUT2D eigenvalue weighted by atomic mass is 32.2. The maximum Gasteiger partial charge on any atom is 0.218 e. The summed E-state index contributed by atoms with van der Waals surface area (Å²) in [7, 11) is -3.27. The molecular weight excluding hydrogens is 224 g/mol. The Kier molecular flexibility index (Phi) is 4.75. The largest absolute Gasteiger partial charge is 0.218 e. The van der Waals surface area contributed by atoms with Gasteiger partial charge in [0.05, 0.1) is 11.3 Å². The maximum absolute atomic E-state index is 12.3. The van der Waals surface area contributed by atoms with Gasteiger partial charge in [-0.1, -0.05) is 19.3 Å². The molecule has 0 aromatic carbocycles. The zero-order valence-corrected chi connectivity index (χ0v) is 10.8. The molecule has 1 saturated carbocycles. The van der Waals surface area contributed by atoms with Gasteiger partial charge in [0.1, 0.15) is 6.54 Å². The van der Waals surface area contributed by atoms with Crippen LogP contribution in [0.1, 0.15) is 46.0 Å². The SMILES string of the molecule is CC(C)N(CC#N)S(=O)(=O)C1CCCCC1. The van der Waals surface area contributed by atoms with E-state index in [4.69, 9.17) is 5.26 Å². The second-order valence-electron chi connectivity index (χ2n) is 4.60. The lowest BCUT2D eigenvalue weighted by atomic mass is 10.0. The first-order valence-corrected chi connectivity index (χ1v) is 7.38. The van der Waals surface area contributed by atoms with E-state index in [0.29, 0.717) is 0 Å². The van der Waals surface area contributed by atoms with Crippen molar-refractivity contribution in [1.82, 2.24) is 4.31 Å². The Hall–Kier alpha value is -0.600. The number of nitriles is 1. The first kappa shape index (κ1) is 13.5. The van der Waals surface area contributed by atoms with Crippen molar-refractivity contribution in [3.05, 3.63) is 0 Å². The van der Waals surface area contributed by atoms with Crippen molar-refractivity contribution in [1.29, 1.82) is 5.26 Å². The molecule has 0 bridgehead atoms. The predicted molar refractivity (Wildman–Crippen MR) is 63.2 cm³/mol. The fourth-order valence-corrected chi connectivity index (χ4v) is 4.33. The highest BCUT2D eigenvalue weighted by Gasteiger charge is 2.34. The van der Waals surface area contributed by atoms with Crippen LogP contribution in [-0.4, -0.2) is 30.6 Å². The van der Waals surface area contributed by atoms with Crippen LogP contribution in [0.25, 0.3) is 0 Å². The maximum atomic E-state index is 12.3. The molecule has 0 aromatic heterocycles. The second-order valence-corrected chi connectivity index (χ2v) is 6.77. The van der Waals surface area contributed by atoms with E-state index in [1.54, 1.807) is 0 Å². The average Bonchev–Trinajstić information content (AvgIpc) is 2.26. The van der Waals surface area contributed by atoms with E-state index in [-0.39, 0.29) is 17.8 Å². The van der Waals surface area contributed by atoms with Gasteiger partial charge < -0.3 is 0 Å². The predicted octanol–water partition coefficient (Wildman–Crippen LogP) is 1.88. The van der Waals surface area contributed by atoms with E-state index in [9.17, 15) is 8.42 Å². The lowest BCUT2D eigenvalue weighted by molar-refractivity contribution is 0.366. The highest BCUT2D eigenvalue weighted by Crippen LogP contribution is 2.26. The van der Waals surface area contributed by atoms with E-state index in [0.717, 1.165) is 32.1 Å². The van der Waals surface area contributed by atoms with E-state index < -0.39 is 10.0 Å². The minimum Gasteiger partial charge on any atom is -0.212 e. The van der Waals surface area contributed by atoms with Crippen LogP contribution in [0.15, 0.2) is 0 Å². The van der Waals surface area contributed by atoms with Crippen LogP contribution < -0.4 is 0 Å². The van der Waals surface area contributed by atoms with Crippen LogP contribution in [0, 0.1) is 11.3 Å². The zero-order chi connectivity index (χ0) is 12.2. The van der Waals surface area contributed by atoms with Gasteiger partial charge in [0, 0.05) is 6.04 Å². The molecule has 1 aliphatic carbocycles. The number of rotatable bonds is 4. The number of sulfonamides is 1. The quantitative estimate of drug-likeness (QED) is 0.709.